The molecule has 0 saturated carbocycles. The second kappa shape index (κ2) is 8.51. The molecule has 0 radical (unpaired) electrons. The molecule has 1 heterocycles. The fourth-order valence-electron chi connectivity index (χ4n) is 2.88. The Morgan fingerprint density at radius 3 is 2.56 bits per heavy atom. The predicted octanol–water partition coefficient (Wildman–Crippen LogP) is 2.48. The highest BCUT2D eigenvalue weighted by Crippen LogP contribution is 2.18. The van der Waals surface area contributed by atoms with E-state index < -0.39 is 6.10 Å². The minimum atomic E-state index is -0.797. The Hall–Kier alpha value is -3.12. The van der Waals surface area contributed by atoms with Crippen LogP contribution in [0.4, 0.5) is 0 Å². The second-order valence-corrected chi connectivity index (χ2v) is 6.29. The van der Waals surface area contributed by atoms with Crippen molar-refractivity contribution < 1.29 is 14.6 Å². The lowest BCUT2D eigenvalue weighted by Crippen LogP contribution is -2.29. The van der Waals surface area contributed by atoms with Gasteiger partial charge in [-0.1, -0.05) is 42.5 Å². The molecule has 0 bridgehead atoms. The summed E-state index contributed by atoms with van der Waals surface area (Å²) < 4.78 is 6.82. The van der Waals surface area contributed by atoms with Gasteiger partial charge >= 0.3 is 0 Å². The molecule has 0 aliphatic rings. The number of aromatic nitrogens is 2. The van der Waals surface area contributed by atoms with E-state index in [4.69, 9.17) is 4.74 Å². The molecule has 2 aromatic carbocycles. The summed E-state index contributed by atoms with van der Waals surface area (Å²) in [5.74, 6) is 0.470. The minimum Gasteiger partial charge on any atom is -0.497 e. The average Bonchev–Trinajstić information content (AvgIpc) is 3.07. The average molecular weight is 365 g/mol. The smallest absolute Gasteiger partial charge is 0.254 e. The largest absolute Gasteiger partial charge is 0.497 e. The van der Waals surface area contributed by atoms with Crippen LogP contribution in [0.5, 0.6) is 5.75 Å². The molecule has 2 N–H and O–H groups in total. The van der Waals surface area contributed by atoms with Gasteiger partial charge in [-0.25, -0.2) is 0 Å². The molecule has 6 nitrogen and oxygen atoms in total. The first-order chi connectivity index (χ1) is 13.1. The second-order valence-electron chi connectivity index (χ2n) is 6.29. The molecule has 1 aromatic heterocycles. The summed E-state index contributed by atoms with van der Waals surface area (Å²) in [4.78, 5) is 12.6. The molecular weight excluding hydrogens is 342 g/mol. The van der Waals surface area contributed by atoms with Crippen LogP contribution in [0.2, 0.25) is 0 Å². The molecule has 3 rings (SSSR count). The van der Waals surface area contributed by atoms with Crippen molar-refractivity contribution in [1.29, 1.82) is 0 Å². The highest BCUT2D eigenvalue weighted by molar-refractivity contribution is 5.95. The van der Waals surface area contributed by atoms with E-state index in [0.717, 1.165) is 17.0 Å². The normalized spacial score (nSPS) is 11.8. The predicted molar refractivity (Wildman–Crippen MR) is 103 cm³/mol. The molecule has 0 fully saturated rings. The topological polar surface area (TPSA) is 76.4 Å². The zero-order valence-corrected chi connectivity index (χ0v) is 15.4. The number of hydrogen-bond acceptors (Lipinski definition) is 4. The number of aryl methyl sites for hydroxylation is 1. The molecule has 27 heavy (non-hydrogen) atoms. The number of benzene rings is 2. The van der Waals surface area contributed by atoms with Crippen molar-refractivity contribution in [3.8, 4) is 5.75 Å². The number of nitrogens with one attached hydrogen (secondary N) is 1. The van der Waals surface area contributed by atoms with Gasteiger partial charge in [0.25, 0.3) is 5.91 Å². The van der Waals surface area contributed by atoms with Gasteiger partial charge in [0.1, 0.15) is 5.75 Å². The third-order valence-electron chi connectivity index (χ3n) is 4.48. The maximum Gasteiger partial charge on any atom is 0.254 e. The van der Waals surface area contributed by atoms with E-state index in [0.29, 0.717) is 17.5 Å². The van der Waals surface area contributed by atoms with E-state index in [-0.39, 0.29) is 12.5 Å². The monoisotopic (exact) mass is 365 g/mol. The zero-order chi connectivity index (χ0) is 19.2. The molecule has 1 unspecified atom stereocenters. The SMILES string of the molecule is COc1ccc(C(O)CNC(=O)c2cnn(C)c2Cc2ccccc2)cc1. The standard InChI is InChI=1S/C21H23N3O3/c1-24-19(12-15-6-4-3-5-7-15)18(13-23-24)21(26)22-14-20(25)16-8-10-17(27-2)11-9-16/h3-11,13,20,25H,12,14H2,1-2H3,(H,22,26). The molecule has 6 heteroatoms. The molecule has 0 aliphatic heterocycles. The summed E-state index contributed by atoms with van der Waals surface area (Å²) >= 11 is 0. The zero-order valence-electron chi connectivity index (χ0n) is 15.4. The third kappa shape index (κ3) is 4.54. The molecule has 0 saturated heterocycles. The van der Waals surface area contributed by atoms with Gasteiger partial charge in [0.05, 0.1) is 30.7 Å². The fourth-order valence-corrected chi connectivity index (χ4v) is 2.88. The number of aliphatic hydroxyl groups is 1. The lowest BCUT2D eigenvalue weighted by molar-refractivity contribution is 0.0915. The van der Waals surface area contributed by atoms with Gasteiger partial charge in [-0.2, -0.15) is 5.10 Å². The number of hydrogen-bond donors (Lipinski definition) is 2. The summed E-state index contributed by atoms with van der Waals surface area (Å²) in [6, 6.07) is 17.0. The summed E-state index contributed by atoms with van der Waals surface area (Å²) in [6.07, 6.45) is 1.38. The number of amides is 1. The summed E-state index contributed by atoms with van der Waals surface area (Å²) in [7, 11) is 3.41. The lowest BCUT2D eigenvalue weighted by Gasteiger charge is -2.13. The molecule has 3 aromatic rings. The van der Waals surface area contributed by atoms with Crippen molar-refractivity contribution in [1.82, 2.24) is 15.1 Å². The maximum absolute atomic E-state index is 12.6. The molecule has 0 spiro atoms. The van der Waals surface area contributed by atoms with Crippen LogP contribution in [0, 0.1) is 0 Å². The number of carbonyl (C=O) groups is 1. The van der Waals surface area contributed by atoms with Crippen molar-refractivity contribution in [3.63, 3.8) is 0 Å². The van der Waals surface area contributed by atoms with Crippen LogP contribution in [0.3, 0.4) is 0 Å². The summed E-state index contributed by atoms with van der Waals surface area (Å²) in [5.41, 5.74) is 3.17. The Kier molecular flexibility index (Phi) is 5.88. The Balaban J connectivity index is 1.65. The van der Waals surface area contributed by atoms with Crippen molar-refractivity contribution in [2.45, 2.75) is 12.5 Å². The highest BCUT2D eigenvalue weighted by atomic mass is 16.5. The van der Waals surface area contributed by atoms with E-state index in [1.165, 1.54) is 0 Å². The number of rotatable bonds is 7. The molecule has 1 amide bonds. The van der Waals surface area contributed by atoms with Gasteiger partial charge in [-0.3, -0.25) is 9.48 Å². The van der Waals surface area contributed by atoms with E-state index in [9.17, 15) is 9.90 Å². The Labute approximate surface area is 158 Å². The van der Waals surface area contributed by atoms with E-state index in [1.807, 2.05) is 37.4 Å². The first-order valence-corrected chi connectivity index (χ1v) is 8.73. The van der Waals surface area contributed by atoms with Crippen LogP contribution in [0.1, 0.15) is 33.3 Å². The quantitative estimate of drug-likeness (QED) is 0.674. The number of methoxy groups -OCH3 is 1. The Bertz CT molecular complexity index is 889. The Morgan fingerprint density at radius 1 is 1.19 bits per heavy atom. The van der Waals surface area contributed by atoms with Gasteiger partial charge in [-0.15, -0.1) is 0 Å². The van der Waals surface area contributed by atoms with Crippen LogP contribution in [0.15, 0.2) is 60.8 Å². The van der Waals surface area contributed by atoms with Gasteiger partial charge in [0.2, 0.25) is 0 Å². The number of ether oxygens (including phenoxy) is 1. The number of nitrogens with zero attached hydrogens (tertiary/aromatic N) is 2. The van der Waals surface area contributed by atoms with E-state index >= 15 is 0 Å². The van der Waals surface area contributed by atoms with Crippen molar-refractivity contribution in [2.75, 3.05) is 13.7 Å². The number of carbonyl (C=O) groups excluding carboxylic acids is 1. The third-order valence-corrected chi connectivity index (χ3v) is 4.48. The van der Waals surface area contributed by atoms with Crippen LogP contribution in [0.25, 0.3) is 0 Å². The van der Waals surface area contributed by atoms with Gasteiger partial charge in [0.15, 0.2) is 0 Å². The molecule has 0 aliphatic carbocycles. The first kappa shape index (κ1) is 18.7. The van der Waals surface area contributed by atoms with Crippen molar-refractivity contribution >= 4 is 5.91 Å². The van der Waals surface area contributed by atoms with Gasteiger partial charge in [-0.05, 0) is 23.3 Å². The van der Waals surface area contributed by atoms with Crippen LogP contribution in [-0.4, -0.2) is 34.4 Å². The fraction of sp³-hybridized carbons (Fsp3) is 0.238. The molecule has 140 valence electrons. The van der Waals surface area contributed by atoms with E-state index in [1.54, 1.807) is 42.3 Å². The van der Waals surface area contributed by atoms with E-state index in [2.05, 4.69) is 10.4 Å². The minimum absolute atomic E-state index is 0.116. The summed E-state index contributed by atoms with van der Waals surface area (Å²) in [5, 5.41) is 17.3. The summed E-state index contributed by atoms with van der Waals surface area (Å²) in [6.45, 7) is 0.116. The van der Waals surface area contributed by atoms with Crippen molar-refractivity contribution in [2.24, 2.45) is 7.05 Å². The van der Waals surface area contributed by atoms with Gasteiger partial charge in [0, 0.05) is 20.0 Å². The molecule has 1 atom stereocenters. The lowest BCUT2D eigenvalue weighted by atomic mass is 10.1. The molecular formula is C21H23N3O3. The van der Waals surface area contributed by atoms with Crippen LogP contribution in [-0.2, 0) is 13.5 Å². The van der Waals surface area contributed by atoms with Crippen LogP contribution >= 0.6 is 0 Å². The van der Waals surface area contributed by atoms with Crippen LogP contribution < -0.4 is 10.1 Å². The highest BCUT2D eigenvalue weighted by Gasteiger charge is 2.17. The maximum atomic E-state index is 12.6. The Morgan fingerprint density at radius 2 is 1.89 bits per heavy atom. The number of aliphatic hydroxyl groups excluding tert-OH is 1. The first-order valence-electron chi connectivity index (χ1n) is 8.73. The van der Waals surface area contributed by atoms with Crippen molar-refractivity contribution in [3.05, 3.63) is 83.2 Å². The van der Waals surface area contributed by atoms with Gasteiger partial charge < -0.3 is 15.2 Å².